The number of H-pyrrole nitrogens is 1. The highest BCUT2D eigenvalue weighted by Crippen LogP contribution is 2.24. The van der Waals surface area contributed by atoms with Gasteiger partial charge in [-0.25, -0.2) is 4.98 Å². The molecule has 148 valence electrons. The van der Waals surface area contributed by atoms with Crippen LogP contribution in [0.25, 0.3) is 11.0 Å². The van der Waals surface area contributed by atoms with Crippen LogP contribution in [0, 0.1) is 6.92 Å². The Labute approximate surface area is 179 Å². The van der Waals surface area contributed by atoms with Crippen LogP contribution in [0.4, 0.5) is 0 Å². The third-order valence-electron chi connectivity index (χ3n) is 4.83. The summed E-state index contributed by atoms with van der Waals surface area (Å²) in [5.74, 6) is 1.91. The zero-order valence-electron chi connectivity index (χ0n) is 16.4. The van der Waals surface area contributed by atoms with Crippen molar-refractivity contribution in [1.29, 1.82) is 0 Å². The van der Waals surface area contributed by atoms with Gasteiger partial charge in [0.1, 0.15) is 18.2 Å². The molecule has 0 radical (unpaired) electrons. The molecule has 29 heavy (non-hydrogen) atoms. The van der Waals surface area contributed by atoms with Crippen molar-refractivity contribution in [3.05, 3.63) is 93.7 Å². The van der Waals surface area contributed by atoms with Crippen molar-refractivity contribution < 1.29 is 4.74 Å². The average Bonchev–Trinajstić information content (AvgIpc) is 3.15. The van der Waals surface area contributed by atoms with Gasteiger partial charge in [0, 0.05) is 29.5 Å². The first-order valence-corrected chi connectivity index (χ1v) is 10.6. The molecule has 0 amide bonds. The van der Waals surface area contributed by atoms with Crippen molar-refractivity contribution in [3.8, 4) is 5.75 Å². The number of hydrogen-bond donors (Lipinski definition) is 2. The van der Waals surface area contributed by atoms with Gasteiger partial charge in [-0.15, -0.1) is 0 Å². The van der Waals surface area contributed by atoms with E-state index in [1.54, 1.807) is 0 Å². The second kappa shape index (κ2) is 9.25. The molecule has 1 heterocycles. The molecular formula is C24H24BrN3O. The minimum Gasteiger partial charge on any atom is -0.489 e. The summed E-state index contributed by atoms with van der Waals surface area (Å²) < 4.78 is 7.14. The number of aromatic amines is 1. The molecule has 0 aliphatic rings. The van der Waals surface area contributed by atoms with E-state index in [1.165, 1.54) is 11.1 Å². The number of fused-ring (bicyclic) bond motifs is 1. The number of rotatable bonds is 8. The summed E-state index contributed by atoms with van der Waals surface area (Å²) in [6, 6.07) is 22.7. The van der Waals surface area contributed by atoms with Crippen molar-refractivity contribution in [3.63, 3.8) is 0 Å². The van der Waals surface area contributed by atoms with E-state index < -0.39 is 0 Å². The van der Waals surface area contributed by atoms with Gasteiger partial charge in [-0.05, 0) is 42.8 Å². The zero-order chi connectivity index (χ0) is 20.1. The van der Waals surface area contributed by atoms with Crippen LogP contribution in [0.15, 0.2) is 71.2 Å². The number of imidazole rings is 1. The lowest BCUT2D eigenvalue weighted by molar-refractivity contribution is 0.302. The number of halogens is 1. The van der Waals surface area contributed by atoms with Gasteiger partial charge in [0.25, 0.3) is 0 Å². The topological polar surface area (TPSA) is 49.9 Å². The summed E-state index contributed by atoms with van der Waals surface area (Å²) in [6.45, 7) is 4.23. The summed E-state index contributed by atoms with van der Waals surface area (Å²) in [6.07, 6.45) is 0.849. The molecule has 0 saturated heterocycles. The summed E-state index contributed by atoms with van der Waals surface area (Å²) in [7, 11) is 0. The maximum Gasteiger partial charge on any atom is 0.124 e. The van der Waals surface area contributed by atoms with Crippen molar-refractivity contribution in [2.24, 2.45) is 0 Å². The van der Waals surface area contributed by atoms with E-state index >= 15 is 0 Å². The Morgan fingerprint density at radius 1 is 1.03 bits per heavy atom. The van der Waals surface area contributed by atoms with Crippen LogP contribution in [0.1, 0.15) is 22.5 Å². The lowest BCUT2D eigenvalue weighted by atomic mass is 10.1. The minimum absolute atomic E-state index is 0.563. The molecule has 0 atom stereocenters. The minimum atomic E-state index is 0.563. The highest BCUT2D eigenvalue weighted by atomic mass is 79.9. The van der Waals surface area contributed by atoms with Gasteiger partial charge >= 0.3 is 0 Å². The second-order valence-corrected chi connectivity index (χ2v) is 8.07. The first-order chi connectivity index (χ1) is 14.2. The van der Waals surface area contributed by atoms with Crippen LogP contribution in [-0.4, -0.2) is 16.5 Å². The Morgan fingerprint density at radius 2 is 1.86 bits per heavy atom. The summed E-state index contributed by atoms with van der Waals surface area (Å²) >= 11 is 3.57. The molecule has 4 rings (SSSR count). The van der Waals surface area contributed by atoms with Crippen LogP contribution < -0.4 is 10.1 Å². The molecule has 4 nitrogen and oxygen atoms in total. The quantitative estimate of drug-likeness (QED) is 0.347. The van der Waals surface area contributed by atoms with Crippen LogP contribution in [0.5, 0.6) is 5.75 Å². The molecule has 0 fully saturated rings. The summed E-state index contributed by atoms with van der Waals surface area (Å²) in [4.78, 5) is 8.00. The van der Waals surface area contributed by atoms with Crippen LogP contribution in [0.3, 0.4) is 0 Å². The molecule has 0 unspecified atom stereocenters. The van der Waals surface area contributed by atoms with E-state index in [0.717, 1.165) is 52.2 Å². The van der Waals surface area contributed by atoms with E-state index in [4.69, 9.17) is 4.74 Å². The largest absolute Gasteiger partial charge is 0.489 e. The lowest BCUT2D eigenvalue weighted by Gasteiger charge is -2.13. The molecule has 2 N–H and O–H groups in total. The predicted octanol–water partition coefficient (Wildman–Crippen LogP) is 5.55. The fourth-order valence-corrected chi connectivity index (χ4v) is 3.63. The summed E-state index contributed by atoms with van der Waals surface area (Å²) in [5.41, 5.74) is 5.66. The van der Waals surface area contributed by atoms with E-state index in [-0.39, 0.29) is 0 Å². The normalized spacial score (nSPS) is 11.1. The maximum atomic E-state index is 6.09. The van der Waals surface area contributed by atoms with Gasteiger partial charge in [-0.1, -0.05) is 57.9 Å². The molecule has 4 aromatic rings. The number of nitrogens with one attached hydrogen (secondary N) is 2. The zero-order valence-corrected chi connectivity index (χ0v) is 18.0. The molecule has 3 aromatic carbocycles. The van der Waals surface area contributed by atoms with Gasteiger partial charge in [0.2, 0.25) is 0 Å². The van der Waals surface area contributed by atoms with Crippen molar-refractivity contribution in [2.75, 3.05) is 6.54 Å². The van der Waals surface area contributed by atoms with Gasteiger partial charge in [0.15, 0.2) is 0 Å². The SMILES string of the molecule is Cc1ccc(COc2ccc(Br)cc2CNCCc2nc3ccccc3[nH]2)cc1. The lowest BCUT2D eigenvalue weighted by Crippen LogP contribution is -2.17. The molecule has 5 heteroatoms. The molecule has 1 aromatic heterocycles. The van der Waals surface area contributed by atoms with Crippen LogP contribution >= 0.6 is 15.9 Å². The van der Waals surface area contributed by atoms with Crippen molar-refractivity contribution >= 4 is 27.0 Å². The van der Waals surface area contributed by atoms with E-state index in [9.17, 15) is 0 Å². The first kappa shape index (κ1) is 19.7. The first-order valence-electron chi connectivity index (χ1n) is 9.78. The maximum absolute atomic E-state index is 6.09. The Hall–Kier alpha value is -2.63. The second-order valence-electron chi connectivity index (χ2n) is 7.15. The smallest absolute Gasteiger partial charge is 0.124 e. The number of benzene rings is 3. The Bertz CT molecular complexity index is 1060. The van der Waals surface area contributed by atoms with Gasteiger partial charge in [0.05, 0.1) is 11.0 Å². The van der Waals surface area contributed by atoms with Gasteiger partial charge in [-0.3, -0.25) is 0 Å². The molecule has 0 bridgehead atoms. The van der Waals surface area contributed by atoms with E-state index in [0.29, 0.717) is 6.61 Å². The Morgan fingerprint density at radius 3 is 2.69 bits per heavy atom. The molecule has 0 spiro atoms. The number of para-hydroxylation sites is 2. The third kappa shape index (κ3) is 5.25. The highest BCUT2D eigenvalue weighted by molar-refractivity contribution is 9.10. The third-order valence-corrected chi connectivity index (χ3v) is 5.32. The van der Waals surface area contributed by atoms with Crippen LogP contribution in [0.2, 0.25) is 0 Å². The molecule has 0 aliphatic carbocycles. The Balaban J connectivity index is 1.33. The molecular weight excluding hydrogens is 426 g/mol. The van der Waals surface area contributed by atoms with Gasteiger partial charge < -0.3 is 15.0 Å². The number of nitrogens with zero attached hydrogens (tertiary/aromatic N) is 1. The van der Waals surface area contributed by atoms with Crippen molar-refractivity contribution in [2.45, 2.75) is 26.5 Å². The van der Waals surface area contributed by atoms with E-state index in [1.807, 2.05) is 30.3 Å². The number of ether oxygens (including phenoxy) is 1. The monoisotopic (exact) mass is 449 g/mol. The highest BCUT2D eigenvalue weighted by Gasteiger charge is 2.07. The number of hydrogen-bond acceptors (Lipinski definition) is 3. The predicted molar refractivity (Wildman–Crippen MR) is 121 cm³/mol. The Kier molecular flexibility index (Phi) is 6.27. The number of aromatic nitrogens is 2. The fraction of sp³-hybridized carbons (Fsp3) is 0.208. The molecule has 0 aliphatic heterocycles. The molecule has 0 saturated carbocycles. The van der Waals surface area contributed by atoms with E-state index in [2.05, 4.69) is 74.5 Å². The number of aryl methyl sites for hydroxylation is 1. The van der Waals surface area contributed by atoms with Crippen molar-refractivity contribution in [1.82, 2.24) is 15.3 Å². The average molecular weight is 450 g/mol. The fourth-order valence-electron chi connectivity index (χ4n) is 3.23. The van der Waals surface area contributed by atoms with Gasteiger partial charge in [-0.2, -0.15) is 0 Å². The summed E-state index contributed by atoms with van der Waals surface area (Å²) in [5, 5.41) is 3.51. The van der Waals surface area contributed by atoms with Crippen LogP contribution in [-0.2, 0) is 19.6 Å². The standard InChI is InChI=1S/C24H24BrN3O/c1-17-6-8-18(9-7-17)16-29-23-11-10-20(25)14-19(23)15-26-13-12-24-27-21-4-2-3-5-22(21)28-24/h2-11,14,26H,12-13,15-16H2,1H3,(H,27,28).